The lowest BCUT2D eigenvalue weighted by Gasteiger charge is -2.02. The van der Waals surface area contributed by atoms with E-state index in [1.807, 2.05) is 0 Å². The molecule has 0 aromatic heterocycles. The molecule has 5 heteroatoms. The number of nitrogens with two attached hydrogens (primary N) is 1. The minimum Gasteiger partial charge on any atom is -0.507 e. The molecule has 0 unspecified atom stereocenters. The molecule has 4 nitrogen and oxygen atoms in total. The van der Waals surface area contributed by atoms with E-state index in [1.54, 1.807) is 0 Å². The molecule has 0 fully saturated rings. The Morgan fingerprint density at radius 2 is 2.08 bits per heavy atom. The van der Waals surface area contributed by atoms with Gasteiger partial charge in [0.1, 0.15) is 11.3 Å². The van der Waals surface area contributed by atoms with Crippen molar-refractivity contribution in [1.82, 2.24) is 0 Å². The molecule has 64 valence electrons. The van der Waals surface area contributed by atoms with E-state index in [-0.39, 0.29) is 22.0 Å². The van der Waals surface area contributed by atoms with Crippen molar-refractivity contribution >= 4 is 23.3 Å². The van der Waals surface area contributed by atoms with Gasteiger partial charge in [-0.2, -0.15) is 0 Å². The highest BCUT2D eigenvalue weighted by atomic mass is 35.5. The predicted molar refractivity (Wildman–Crippen MR) is 44.5 cm³/mol. The second-order valence-corrected chi connectivity index (χ2v) is 2.60. The summed E-state index contributed by atoms with van der Waals surface area (Å²) in [6.07, 6.45) is 0. The first kappa shape index (κ1) is 8.67. The normalized spacial score (nSPS) is 9.75. The zero-order chi connectivity index (χ0) is 9.30. The van der Waals surface area contributed by atoms with Crippen molar-refractivity contribution in [3.8, 4) is 5.75 Å². The Labute approximate surface area is 73.2 Å². The molecule has 0 amide bonds. The lowest BCUT2D eigenvalue weighted by Crippen LogP contribution is -1.98. The van der Waals surface area contributed by atoms with Gasteiger partial charge in [-0.05, 0) is 6.07 Å². The van der Waals surface area contributed by atoms with Crippen molar-refractivity contribution in [1.29, 1.82) is 0 Å². The van der Waals surface area contributed by atoms with Crippen LogP contribution in [-0.4, -0.2) is 16.2 Å². The Morgan fingerprint density at radius 1 is 1.50 bits per heavy atom. The first-order chi connectivity index (χ1) is 5.52. The van der Waals surface area contributed by atoms with E-state index in [0.717, 1.165) is 12.1 Å². The molecule has 0 heterocycles. The van der Waals surface area contributed by atoms with Crippen LogP contribution in [0.5, 0.6) is 5.75 Å². The molecule has 0 saturated carbocycles. The van der Waals surface area contributed by atoms with Crippen LogP contribution in [0.25, 0.3) is 0 Å². The van der Waals surface area contributed by atoms with Crippen LogP contribution in [0.4, 0.5) is 5.69 Å². The van der Waals surface area contributed by atoms with Gasteiger partial charge in [-0.3, -0.25) is 0 Å². The van der Waals surface area contributed by atoms with Crippen molar-refractivity contribution < 1.29 is 15.0 Å². The number of carbonyl (C=O) groups is 1. The summed E-state index contributed by atoms with van der Waals surface area (Å²) in [5, 5.41) is 17.7. The van der Waals surface area contributed by atoms with Crippen molar-refractivity contribution in [2.75, 3.05) is 5.73 Å². The fourth-order valence-corrected chi connectivity index (χ4v) is 0.913. The summed E-state index contributed by atoms with van der Waals surface area (Å²) in [6, 6.07) is 2.21. The third-order valence-electron chi connectivity index (χ3n) is 1.35. The zero-order valence-electron chi connectivity index (χ0n) is 5.91. The van der Waals surface area contributed by atoms with E-state index in [9.17, 15) is 4.79 Å². The Kier molecular flexibility index (Phi) is 2.10. The van der Waals surface area contributed by atoms with Crippen molar-refractivity contribution in [2.45, 2.75) is 0 Å². The molecule has 0 atom stereocenters. The summed E-state index contributed by atoms with van der Waals surface area (Å²) in [6.45, 7) is 0. The maximum Gasteiger partial charge on any atom is 0.339 e. The number of halogens is 1. The number of phenols is 1. The smallest absolute Gasteiger partial charge is 0.339 e. The van der Waals surface area contributed by atoms with Gasteiger partial charge < -0.3 is 15.9 Å². The van der Waals surface area contributed by atoms with Gasteiger partial charge in [0.05, 0.1) is 10.7 Å². The minimum atomic E-state index is -1.24. The van der Waals surface area contributed by atoms with E-state index in [1.165, 1.54) is 0 Å². The maximum atomic E-state index is 10.4. The van der Waals surface area contributed by atoms with Crippen molar-refractivity contribution in [3.05, 3.63) is 22.7 Å². The number of anilines is 1. The number of benzene rings is 1. The molecule has 0 saturated heterocycles. The predicted octanol–water partition coefficient (Wildman–Crippen LogP) is 1.33. The molecule has 0 aliphatic rings. The van der Waals surface area contributed by atoms with Crippen LogP contribution < -0.4 is 5.73 Å². The fraction of sp³-hybridized carbons (Fsp3) is 0. The van der Waals surface area contributed by atoms with E-state index in [0.29, 0.717) is 0 Å². The Bertz CT molecular complexity index is 338. The van der Waals surface area contributed by atoms with Gasteiger partial charge in [-0.1, -0.05) is 11.6 Å². The maximum absolute atomic E-state index is 10.4. The fourth-order valence-electron chi connectivity index (χ4n) is 0.749. The first-order valence-corrected chi connectivity index (χ1v) is 3.41. The van der Waals surface area contributed by atoms with Gasteiger partial charge in [0.2, 0.25) is 0 Å². The molecule has 4 N–H and O–H groups in total. The number of hydrogen-bond acceptors (Lipinski definition) is 3. The molecular formula is C7H6ClNO3. The second-order valence-electron chi connectivity index (χ2n) is 2.20. The number of aromatic carboxylic acids is 1. The Morgan fingerprint density at radius 3 is 2.58 bits per heavy atom. The molecular weight excluding hydrogens is 182 g/mol. The molecule has 0 bridgehead atoms. The van der Waals surface area contributed by atoms with Gasteiger partial charge in [-0.15, -0.1) is 0 Å². The van der Waals surface area contributed by atoms with E-state index in [2.05, 4.69) is 0 Å². The Hall–Kier alpha value is -1.42. The third kappa shape index (κ3) is 1.43. The zero-order valence-corrected chi connectivity index (χ0v) is 6.67. The molecule has 1 rings (SSSR count). The largest absolute Gasteiger partial charge is 0.507 e. The molecule has 0 radical (unpaired) electrons. The molecule has 1 aromatic carbocycles. The van der Waals surface area contributed by atoms with Crippen molar-refractivity contribution in [2.24, 2.45) is 0 Å². The summed E-state index contributed by atoms with van der Waals surface area (Å²) in [7, 11) is 0. The summed E-state index contributed by atoms with van der Waals surface area (Å²) in [4.78, 5) is 10.4. The highest BCUT2D eigenvalue weighted by Gasteiger charge is 2.11. The molecule has 0 aliphatic heterocycles. The topological polar surface area (TPSA) is 83.5 Å². The van der Waals surface area contributed by atoms with Crippen LogP contribution in [-0.2, 0) is 0 Å². The molecule has 12 heavy (non-hydrogen) atoms. The first-order valence-electron chi connectivity index (χ1n) is 3.03. The number of nitrogen functional groups attached to an aromatic ring is 1. The van der Waals surface area contributed by atoms with E-state index in [4.69, 9.17) is 27.5 Å². The lowest BCUT2D eigenvalue weighted by atomic mass is 10.2. The SMILES string of the molecule is Nc1cc(O)c(C(=O)O)cc1Cl. The average Bonchev–Trinajstić information content (AvgIpc) is 1.96. The van der Waals surface area contributed by atoms with Gasteiger partial charge in [0.25, 0.3) is 0 Å². The number of carboxylic acid groups (broad SMARTS) is 1. The van der Waals surface area contributed by atoms with Crippen LogP contribution >= 0.6 is 11.6 Å². The molecule has 0 aliphatic carbocycles. The average molecular weight is 188 g/mol. The monoisotopic (exact) mass is 187 g/mol. The number of carboxylic acids is 1. The van der Waals surface area contributed by atoms with Gasteiger partial charge in [0.15, 0.2) is 0 Å². The molecule has 0 spiro atoms. The summed E-state index contributed by atoms with van der Waals surface area (Å²) >= 11 is 5.53. The van der Waals surface area contributed by atoms with Gasteiger partial charge >= 0.3 is 5.97 Å². The van der Waals surface area contributed by atoms with Crippen LogP contribution in [0.3, 0.4) is 0 Å². The quantitative estimate of drug-likeness (QED) is 0.579. The number of aromatic hydroxyl groups is 1. The second kappa shape index (κ2) is 2.91. The van der Waals surface area contributed by atoms with Gasteiger partial charge in [0, 0.05) is 6.07 Å². The summed E-state index contributed by atoms with van der Waals surface area (Å²) < 4.78 is 0. The van der Waals surface area contributed by atoms with Gasteiger partial charge in [-0.25, -0.2) is 4.79 Å². The molecule has 1 aromatic rings. The lowest BCUT2D eigenvalue weighted by molar-refractivity contribution is 0.0694. The Balaban J connectivity index is 3.33. The standard InChI is InChI=1S/C7H6ClNO3/c8-4-1-3(7(11)12)6(10)2-5(4)9/h1-2,10H,9H2,(H,11,12). The minimum absolute atomic E-state index is 0.116. The van der Waals surface area contributed by atoms with Crippen LogP contribution in [0, 0.1) is 0 Å². The van der Waals surface area contributed by atoms with E-state index >= 15 is 0 Å². The van der Waals surface area contributed by atoms with Crippen LogP contribution in [0.15, 0.2) is 12.1 Å². The summed E-state index contributed by atoms with van der Waals surface area (Å²) in [5.41, 5.74) is 5.20. The highest BCUT2D eigenvalue weighted by Crippen LogP contribution is 2.27. The van der Waals surface area contributed by atoms with Crippen LogP contribution in [0.2, 0.25) is 5.02 Å². The van der Waals surface area contributed by atoms with Crippen molar-refractivity contribution in [3.63, 3.8) is 0 Å². The highest BCUT2D eigenvalue weighted by molar-refractivity contribution is 6.33. The van der Waals surface area contributed by atoms with E-state index < -0.39 is 5.97 Å². The number of rotatable bonds is 1. The van der Waals surface area contributed by atoms with Crippen LogP contribution in [0.1, 0.15) is 10.4 Å². The number of hydrogen-bond donors (Lipinski definition) is 3. The summed E-state index contributed by atoms with van der Waals surface area (Å²) in [5.74, 6) is -1.63. The third-order valence-corrected chi connectivity index (χ3v) is 1.67.